The lowest BCUT2D eigenvalue weighted by molar-refractivity contribution is -0.153. The quantitative estimate of drug-likeness (QED) is 0.156. The number of aryl methyl sites for hydroxylation is 1. The maximum atomic E-state index is 13.5. The molecule has 0 spiro atoms. The van der Waals surface area contributed by atoms with E-state index >= 15 is 0 Å². The smallest absolute Gasteiger partial charge is 0.407 e. The van der Waals surface area contributed by atoms with Crippen LogP contribution in [-0.4, -0.2) is 89.0 Å². The predicted molar refractivity (Wildman–Crippen MR) is 183 cm³/mol. The number of ether oxygens (including phenoxy) is 9. The predicted octanol–water partition coefficient (Wildman–Crippen LogP) is 2.29. The molecule has 2 aromatic carbocycles. The minimum absolute atomic E-state index is 0.0354. The van der Waals surface area contributed by atoms with Crippen LogP contribution in [0.5, 0.6) is 28.7 Å². The van der Waals surface area contributed by atoms with E-state index in [1.807, 2.05) is 0 Å². The molecular formula is C36H39N3O14. The van der Waals surface area contributed by atoms with Gasteiger partial charge in [0.25, 0.3) is 5.56 Å². The zero-order valence-electron chi connectivity index (χ0n) is 29.8. The van der Waals surface area contributed by atoms with Gasteiger partial charge in [0.1, 0.15) is 25.4 Å². The highest BCUT2D eigenvalue weighted by molar-refractivity contribution is 5.80. The van der Waals surface area contributed by atoms with Crippen molar-refractivity contribution in [3.8, 4) is 28.7 Å². The molecule has 282 valence electrons. The summed E-state index contributed by atoms with van der Waals surface area (Å²) in [6.45, 7) is 0.731. The third-order valence-corrected chi connectivity index (χ3v) is 9.42. The second kappa shape index (κ2) is 15.3. The molecule has 1 fully saturated rings. The Labute approximate surface area is 302 Å². The topological polar surface area (TPSA) is 201 Å². The molecule has 3 heterocycles. The number of amides is 1. The first-order valence-corrected chi connectivity index (χ1v) is 16.5. The van der Waals surface area contributed by atoms with E-state index in [2.05, 4.69) is 10.3 Å². The van der Waals surface area contributed by atoms with Crippen LogP contribution in [0.25, 0.3) is 0 Å². The Hall–Kier alpha value is -5.97. The van der Waals surface area contributed by atoms with Gasteiger partial charge in [-0.05, 0) is 48.4 Å². The average molecular weight is 738 g/mol. The molecule has 17 heteroatoms. The lowest BCUT2D eigenvalue weighted by Gasteiger charge is -2.39. The highest BCUT2D eigenvalue weighted by Crippen LogP contribution is 2.56. The fourth-order valence-corrected chi connectivity index (χ4v) is 6.93. The maximum Gasteiger partial charge on any atom is 0.407 e. The number of benzene rings is 2. The molecule has 6 atom stereocenters. The molecule has 17 nitrogen and oxygen atoms in total. The molecule has 3 aliphatic rings. The van der Waals surface area contributed by atoms with Crippen molar-refractivity contribution in [2.24, 2.45) is 11.8 Å². The van der Waals surface area contributed by atoms with Crippen molar-refractivity contribution >= 4 is 18.0 Å². The summed E-state index contributed by atoms with van der Waals surface area (Å²) >= 11 is 0. The maximum absolute atomic E-state index is 13.5. The molecule has 1 amide bonds. The van der Waals surface area contributed by atoms with Crippen LogP contribution in [0, 0.1) is 18.8 Å². The molecule has 53 heavy (non-hydrogen) atoms. The van der Waals surface area contributed by atoms with Gasteiger partial charge in [0.2, 0.25) is 5.75 Å². The van der Waals surface area contributed by atoms with Gasteiger partial charge in [-0.1, -0.05) is 6.08 Å². The molecule has 0 radical (unpaired) electrons. The summed E-state index contributed by atoms with van der Waals surface area (Å²) in [4.78, 5) is 65.4. The molecule has 1 aliphatic carbocycles. The lowest BCUT2D eigenvalue weighted by Crippen LogP contribution is -2.39. The average Bonchev–Trinajstić information content (AvgIpc) is 3.80. The summed E-state index contributed by atoms with van der Waals surface area (Å²) in [5, 5.41) is 2.37. The third kappa shape index (κ3) is 7.11. The molecule has 6 rings (SSSR count). The van der Waals surface area contributed by atoms with Gasteiger partial charge in [0.05, 0.1) is 48.1 Å². The number of hydrogen-bond acceptors (Lipinski definition) is 14. The number of esters is 2. The van der Waals surface area contributed by atoms with Gasteiger partial charge in [0.15, 0.2) is 29.2 Å². The highest BCUT2D eigenvalue weighted by Gasteiger charge is 2.54. The van der Waals surface area contributed by atoms with Gasteiger partial charge in [-0.3, -0.25) is 23.9 Å². The summed E-state index contributed by atoms with van der Waals surface area (Å²) in [7, 11) is 7.43. The van der Waals surface area contributed by atoms with Crippen molar-refractivity contribution in [3.63, 3.8) is 0 Å². The van der Waals surface area contributed by atoms with Crippen molar-refractivity contribution in [1.82, 2.24) is 14.9 Å². The number of rotatable bonds is 12. The number of carbonyl (C=O) groups is 3. The number of alkyl carbamates (subject to hydrolysis) is 1. The first kappa shape index (κ1) is 36.8. The molecule has 2 aliphatic heterocycles. The van der Waals surface area contributed by atoms with Crippen LogP contribution in [-0.2, 0) is 28.5 Å². The zero-order chi connectivity index (χ0) is 38.0. The Kier molecular flexibility index (Phi) is 10.6. The number of nitrogens with zero attached hydrogens (tertiary/aromatic N) is 1. The van der Waals surface area contributed by atoms with Crippen LogP contribution >= 0.6 is 0 Å². The van der Waals surface area contributed by atoms with Crippen LogP contribution in [0.3, 0.4) is 0 Å². The number of aromatic nitrogens is 2. The minimum atomic E-state index is -0.973. The van der Waals surface area contributed by atoms with Gasteiger partial charge in [-0.15, -0.1) is 0 Å². The molecule has 0 unspecified atom stereocenters. The van der Waals surface area contributed by atoms with E-state index in [1.54, 1.807) is 43.3 Å². The van der Waals surface area contributed by atoms with Crippen LogP contribution in [0.1, 0.15) is 40.5 Å². The number of fused-ring (bicyclic) bond motifs is 2. The summed E-state index contributed by atoms with van der Waals surface area (Å²) in [6, 6.07) is 6.95. The Bertz CT molecular complexity index is 2030. The number of cyclic esters (lactones) is 1. The van der Waals surface area contributed by atoms with Crippen LogP contribution in [0.4, 0.5) is 4.79 Å². The SMILES string of the molecule is COc1cc2c(cc1OC)[C@@H](OC(=O)CNC(=O)OC[C@@H]1C=C[C@H](n3cc(C)c(=O)[nH]c3=O)O1)[C@H]1COC(=O)[C@@H]1[C@@H]2c1cc(OC)c(OC)c(OC)c1. The van der Waals surface area contributed by atoms with E-state index in [0.29, 0.717) is 51.0 Å². The third-order valence-electron chi connectivity index (χ3n) is 9.42. The largest absolute Gasteiger partial charge is 0.493 e. The monoisotopic (exact) mass is 737 g/mol. The molecule has 1 aromatic heterocycles. The first-order valence-electron chi connectivity index (χ1n) is 16.5. The van der Waals surface area contributed by atoms with Crippen molar-refractivity contribution in [3.05, 3.63) is 85.7 Å². The number of H-pyrrole nitrogens is 1. The standard InChI is InChI=1S/C36H39N3O14/c1-17-14-39(35(43)38-33(17)41)27-8-7-19(52-27)15-51-36(44)37-13-28(40)53-31-21-12-24(46-3)23(45-2)11-20(21)29(30-22(31)16-50-34(30)42)18-9-25(47-4)32(49-6)26(10-18)48-5/h7-12,14,19,22,27,29-31H,13,15-16H2,1-6H3,(H,37,44)(H,38,41,43)/t19-,22-,27+,29+,30-,31+/m0/s1. The number of methoxy groups -OCH3 is 5. The van der Waals surface area contributed by atoms with E-state index in [9.17, 15) is 24.0 Å². The van der Waals surface area contributed by atoms with E-state index in [0.717, 1.165) is 0 Å². The molecular weight excluding hydrogens is 698 g/mol. The Morgan fingerprint density at radius 1 is 0.887 bits per heavy atom. The minimum Gasteiger partial charge on any atom is -0.493 e. The Balaban J connectivity index is 1.18. The van der Waals surface area contributed by atoms with Gasteiger partial charge in [-0.2, -0.15) is 0 Å². The van der Waals surface area contributed by atoms with E-state index < -0.39 is 72.0 Å². The van der Waals surface area contributed by atoms with Gasteiger partial charge >= 0.3 is 23.7 Å². The van der Waals surface area contributed by atoms with Crippen molar-refractivity contribution < 1.29 is 57.0 Å². The summed E-state index contributed by atoms with van der Waals surface area (Å²) in [5.74, 6) is -1.42. The molecule has 3 aromatic rings. The molecule has 0 bridgehead atoms. The second-order valence-electron chi connectivity index (χ2n) is 12.4. The van der Waals surface area contributed by atoms with Crippen LogP contribution in [0.2, 0.25) is 0 Å². The lowest BCUT2D eigenvalue weighted by atomic mass is 9.66. The van der Waals surface area contributed by atoms with Crippen LogP contribution in [0.15, 0.2) is 52.2 Å². The highest BCUT2D eigenvalue weighted by atomic mass is 16.6. The van der Waals surface area contributed by atoms with Crippen molar-refractivity contribution in [2.45, 2.75) is 31.3 Å². The summed E-state index contributed by atoms with van der Waals surface area (Å²) in [5.41, 5.74) is 0.995. The van der Waals surface area contributed by atoms with Crippen LogP contribution < -0.4 is 40.3 Å². The molecule has 2 N–H and O–H groups in total. The number of carbonyl (C=O) groups excluding carboxylic acids is 3. The second-order valence-corrected chi connectivity index (χ2v) is 12.4. The van der Waals surface area contributed by atoms with Crippen molar-refractivity contribution in [2.75, 3.05) is 55.3 Å². The first-order chi connectivity index (χ1) is 25.5. The van der Waals surface area contributed by atoms with E-state index in [4.69, 9.17) is 42.6 Å². The van der Waals surface area contributed by atoms with E-state index in [1.165, 1.54) is 46.3 Å². The van der Waals surface area contributed by atoms with Gasteiger partial charge in [-0.25, -0.2) is 9.59 Å². The fourth-order valence-electron chi connectivity index (χ4n) is 6.93. The number of nitrogens with one attached hydrogen (secondary N) is 2. The Morgan fingerprint density at radius 3 is 2.19 bits per heavy atom. The number of hydrogen-bond donors (Lipinski definition) is 2. The van der Waals surface area contributed by atoms with E-state index in [-0.39, 0.29) is 13.2 Å². The summed E-state index contributed by atoms with van der Waals surface area (Å²) in [6.07, 6.45) is 1.16. The van der Waals surface area contributed by atoms with Crippen molar-refractivity contribution in [1.29, 1.82) is 0 Å². The molecule has 1 saturated heterocycles. The zero-order valence-corrected chi connectivity index (χ0v) is 29.8. The number of aromatic amines is 1. The van der Waals surface area contributed by atoms with Gasteiger partial charge < -0.3 is 47.9 Å². The fraction of sp³-hybridized carbons (Fsp3) is 0.417. The summed E-state index contributed by atoms with van der Waals surface area (Å²) < 4.78 is 51.7. The molecule has 0 saturated carbocycles. The Morgan fingerprint density at radius 2 is 1.55 bits per heavy atom. The normalized spacial score (nSPS) is 22.6. The van der Waals surface area contributed by atoms with Gasteiger partial charge in [0, 0.05) is 29.2 Å².